The summed E-state index contributed by atoms with van der Waals surface area (Å²) < 4.78 is 0. The lowest BCUT2D eigenvalue weighted by Gasteiger charge is -2.41. The first kappa shape index (κ1) is 13.4. The van der Waals surface area contributed by atoms with Gasteiger partial charge in [0.25, 0.3) is 0 Å². The first-order valence-electron chi connectivity index (χ1n) is 5.60. The Balaban J connectivity index is 2.32. The highest BCUT2D eigenvalue weighted by atomic mass is 32.2. The normalized spacial score (nSPS) is 17.6. The molecule has 1 rings (SSSR count). The van der Waals surface area contributed by atoms with Crippen LogP contribution in [-0.2, 0) is 9.59 Å². The summed E-state index contributed by atoms with van der Waals surface area (Å²) in [6.45, 7) is 0. The summed E-state index contributed by atoms with van der Waals surface area (Å²) in [6, 6.07) is 0. The molecule has 1 saturated carbocycles. The number of carboxylic acids is 1. The molecule has 0 aromatic carbocycles. The number of amides is 1. The molecular formula is C11H19NO3S. The quantitative estimate of drug-likeness (QED) is 0.669. The van der Waals surface area contributed by atoms with Gasteiger partial charge in [-0.05, 0) is 37.7 Å². The molecule has 16 heavy (non-hydrogen) atoms. The summed E-state index contributed by atoms with van der Waals surface area (Å²) in [5.41, 5.74) is -0.442. The van der Waals surface area contributed by atoms with Gasteiger partial charge in [-0.15, -0.1) is 0 Å². The molecule has 0 atom stereocenters. The molecule has 0 saturated heterocycles. The van der Waals surface area contributed by atoms with Crippen molar-refractivity contribution >= 4 is 23.6 Å². The maximum atomic E-state index is 11.6. The summed E-state index contributed by atoms with van der Waals surface area (Å²) in [5, 5.41) is 11.7. The van der Waals surface area contributed by atoms with Gasteiger partial charge in [0.1, 0.15) is 0 Å². The molecule has 0 spiro atoms. The Hall–Kier alpha value is -0.710. The second-order valence-electron chi connectivity index (χ2n) is 4.35. The molecule has 0 aromatic rings. The Kier molecular flexibility index (Phi) is 5.12. The van der Waals surface area contributed by atoms with E-state index in [0.29, 0.717) is 6.42 Å². The number of thioether (sulfide) groups is 1. The third-order valence-corrected chi connectivity index (χ3v) is 3.65. The standard InChI is InChI=1S/C11H19NO3S/c1-16-7-2-4-9(13)12-11(5-3-6-11)8-10(14)15/h2-8H2,1H3,(H,12,13)(H,14,15). The van der Waals surface area contributed by atoms with E-state index in [1.54, 1.807) is 11.8 Å². The van der Waals surface area contributed by atoms with Crippen LogP contribution in [0.5, 0.6) is 0 Å². The fraction of sp³-hybridized carbons (Fsp3) is 0.818. The van der Waals surface area contributed by atoms with E-state index in [9.17, 15) is 9.59 Å². The number of carbonyl (C=O) groups excluding carboxylic acids is 1. The van der Waals surface area contributed by atoms with E-state index in [1.165, 1.54) is 0 Å². The van der Waals surface area contributed by atoms with Crippen LogP contribution in [0, 0.1) is 0 Å². The Morgan fingerprint density at radius 3 is 2.56 bits per heavy atom. The highest BCUT2D eigenvalue weighted by Gasteiger charge is 2.40. The van der Waals surface area contributed by atoms with Crippen molar-refractivity contribution in [3.8, 4) is 0 Å². The molecule has 1 amide bonds. The topological polar surface area (TPSA) is 66.4 Å². The zero-order valence-electron chi connectivity index (χ0n) is 9.62. The Morgan fingerprint density at radius 2 is 2.12 bits per heavy atom. The predicted molar refractivity (Wildman–Crippen MR) is 64.6 cm³/mol. The van der Waals surface area contributed by atoms with Crippen molar-refractivity contribution in [1.29, 1.82) is 0 Å². The minimum absolute atomic E-state index is 0.00463. The molecule has 0 bridgehead atoms. The van der Waals surface area contributed by atoms with E-state index in [1.807, 2.05) is 6.26 Å². The average molecular weight is 245 g/mol. The van der Waals surface area contributed by atoms with Crippen molar-refractivity contribution in [1.82, 2.24) is 5.32 Å². The molecule has 2 N–H and O–H groups in total. The van der Waals surface area contributed by atoms with Gasteiger partial charge in [0.15, 0.2) is 0 Å². The molecule has 0 aliphatic heterocycles. The SMILES string of the molecule is CSCCCC(=O)NC1(CC(=O)O)CCC1. The van der Waals surface area contributed by atoms with Crippen molar-refractivity contribution in [2.24, 2.45) is 0 Å². The van der Waals surface area contributed by atoms with E-state index in [4.69, 9.17) is 5.11 Å². The van der Waals surface area contributed by atoms with Crippen LogP contribution < -0.4 is 5.32 Å². The fourth-order valence-corrected chi connectivity index (χ4v) is 2.41. The summed E-state index contributed by atoms with van der Waals surface area (Å²) in [4.78, 5) is 22.3. The second kappa shape index (κ2) is 6.13. The van der Waals surface area contributed by atoms with Gasteiger partial charge < -0.3 is 10.4 Å². The summed E-state index contributed by atoms with van der Waals surface area (Å²) in [7, 11) is 0. The Bertz CT molecular complexity index is 264. The number of rotatable bonds is 7. The van der Waals surface area contributed by atoms with Gasteiger partial charge in [0.05, 0.1) is 12.0 Å². The lowest BCUT2D eigenvalue weighted by atomic mass is 9.74. The Morgan fingerprint density at radius 1 is 1.44 bits per heavy atom. The molecular weight excluding hydrogens is 226 g/mol. The monoisotopic (exact) mass is 245 g/mol. The van der Waals surface area contributed by atoms with E-state index >= 15 is 0 Å². The van der Waals surface area contributed by atoms with Crippen LogP contribution in [0.4, 0.5) is 0 Å². The summed E-state index contributed by atoms with van der Waals surface area (Å²) >= 11 is 1.72. The molecule has 92 valence electrons. The zero-order valence-corrected chi connectivity index (χ0v) is 10.4. The number of carboxylic acid groups (broad SMARTS) is 1. The number of aliphatic carboxylic acids is 1. The third-order valence-electron chi connectivity index (χ3n) is 2.96. The molecule has 0 radical (unpaired) electrons. The molecule has 1 aliphatic carbocycles. The number of hydrogen-bond donors (Lipinski definition) is 2. The second-order valence-corrected chi connectivity index (χ2v) is 5.33. The van der Waals surface area contributed by atoms with E-state index in [-0.39, 0.29) is 12.3 Å². The van der Waals surface area contributed by atoms with Crippen molar-refractivity contribution in [2.75, 3.05) is 12.0 Å². The van der Waals surface area contributed by atoms with Gasteiger partial charge in [0.2, 0.25) is 5.91 Å². The van der Waals surface area contributed by atoms with Crippen molar-refractivity contribution in [3.63, 3.8) is 0 Å². The minimum atomic E-state index is -0.830. The van der Waals surface area contributed by atoms with E-state index in [2.05, 4.69) is 5.32 Å². The van der Waals surface area contributed by atoms with Crippen molar-refractivity contribution < 1.29 is 14.7 Å². The van der Waals surface area contributed by atoms with Gasteiger partial charge in [-0.2, -0.15) is 11.8 Å². The maximum Gasteiger partial charge on any atom is 0.305 e. The van der Waals surface area contributed by atoms with E-state index in [0.717, 1.165) is 31.4 Å². The van der Waals surface area contributed by atoms with Crippen molar-refractivity contribution in [2.45, 2.75) is 44.1 Å². The van der Waals surface area contributed by atoms with Crippen LogP contribution in [0.15, 0.2) is 0 Å². The van der Waals surface area contributed by atoms with Crippen LogP contribution in [0.25, 0.3) is 0 Å². The lowest BCUT2D eigenvalue weighted by Crippen LogP contribution is -2.54. The highest BCUT2D eigenvalue weighted by Crippen LogP contribution is 2.34. The van der Waals surface area contributed by atoms with Gasteiger partial charge in [-0.3, -0.25) is 9.59 Å². The fourth-order valence-electron chi connectivity index (χ4n) is 1.97. The Labute approximate surface area is 100 Å². The molecule has 1 fully saturated rings. The molecule has 0 unspecified atom stereocenters. The van der Waals surface area contributed by atoms with Crippen LogP contribution >= 0.6 is 11.8 Å². The highest BCUT2D eigenvalue weighted by molar-refractivity contribution is 7.98. The molecule has 0 aromatic heterocycles. The van der Waals surface area contributed by atoms with Crippen LogP contribution in [0.1, 0.15) is 38.5 Å². The number of carbonyl (C=O) groups is 2. The van der Waals surface area contributed by atoms with E-state index < -0.39 is 11.5 Å². The van der Waals surface area contributed by atoms with Gasteiger partial charge >= 0.3 is 5.97 Å². The number of hydrogen-bond acceptors (Lipinski definition) is 3. The first-order chi connectivity index (χ1) is 7.58. The van der Waals surface area contributed by atoms with Gasteiger partial charge in [0, 0.05) is 6.42 Å². The summed E-state index contributed by atoms with van der Waals surface area (Å²) in [5.74, 6) is 0.137. The maximum absolute atomic E-state index is 11.6. The summed E-state index contributed by atoms with van der Waals surface area (Å²) in [6.07, 6.45) is 6.04. The predicted octanol–water partition coefficient (Wildman–Crippen LogP) is 1.64. The molecule has 5 heteroatoms. The largest absolute Gasteiger partial charge is 0.481 e. The molecule has 0 heterocycles. The zero-order chi connectivity index (χ0) is 12.0. The molecule has 4 nitrogen and oxygen atoms in total. The first-order valence-corrected chi connectivity index (χ1v) is 6.99. The van der Waals surface area contributed by atoms with Crippen LogP contribution in [-0.4, -0.2) is 34.5 Å². The average Bonchev–Trinajstić information content (AvgIpc) is 2.14. The minimum Gasteiger partial charge on any atom is -0.481 e. The smallest absolute Gasteiger partial charge is 0.305 e. The van der Waals surface area contributed by atoms with Crippen LogP contribution in [0.2, 0.25) is 0 Å². The lowest BCUT2D eigenvalue weighted by molar-refractivity contribution is -0.140. The molecule has 1 aliphatic rings. The number of nitrogens with one attached hydrogen (secondary N) is 1. The van der Waals surface area contributed by atoms with Gasteiger partial charge in [-0.1, -0.05) is 0 Å². The van der Waals surface area contributed by atoms with Gasteiger partial charge in [-0.25, -0.2) is 0 Å². The van der Waals surface area contributed by atoms with Crippen LogP contribution in [0.3, 0.4) is 0 Å². The third kappa shape index (κ3) is 4.04. The van der Waals surface area contributed by atoms with Crippen molar-refractivity contribution in [3.05, 3.63) is 0 Å².